The first-order chi connectivity index (χ1) is 7.22. The van der Waals surface area contributed by atoms with Gasteiger partial charge >= 0.3 is 0 Å². The predicted octanol–water partition coefficient (Wildman–Crippen LogP) is -0.127. The van der Waals surface area contributed by atoms with Gasteiger partial charge < -0.3 is 15.4 Å². The Labute approximate surface area is 87.8 Å². The molecule has 2 N–H and O–H groups in total. The Morgan fingerprint density at radius 2 is 2.40 bits per heavy atom. The van der Waals surface area contributed by atoms with Gasteiger partial charge in [0.15, 0.2) is 0 Å². The van der Waals surface area contributed by atoms with Crippen LogP contribution in [-0.4, -0.2) is 42.0 Å². The van der Waals surface area contributed by atoms with E-state index in [1.807, 2.05) is 0 Å². The van der Waals surface area contributed by atoms with Crippen molar-refractivity contribution in [3.63, 3.8) is 0 Å². The van der Waals surface area contributed by atoms with Gasteiger partial charge in [0.05, 0.1) is 7.11 Å². The summed E-state index contributed by atoms with van der Waals surface area (Å²) in [6.45, 7) is 1.22. The second kappa shape index (κ2) is 3.86. The number of methoxy groups -OCH3 is 1. The van der Waals surface area contributed by atoms with E-state index in [-0.39, 0.29) is 11.9 Å². The number of nitrogens with zero attached hydrogens (tertiary/aromatic N) is 2. The van der Waals surface area contributed by atoms with Crippen LogP contribution in [0.5, 0.6) is 5.88 Å². The first kappa shape index (κ1) is 9.92. The molecule has 0 bridgehead atoms. The van der Waals surface area contributed by atoms with E-state index in [0.717, 1.165) is 0 Å². The predicted molar refractivity (Wildman–Crippen MR) is 54.7 cm³/mol. The molecule has 1 aliphatic heterocycles. The van der Waals surface area contributed by atoms with Crippen LogP contribution in [0.1, 0.15) is 10.4 Å². The van der Waals surface area contributed by atoms with Crippen molar-refractivity contribution in [3.05, 3.63) is 23.9 Å². The highest BCUT2D eigenvalue weighted by Gasteiger charge is 2.30. The Hall–Kier alpha value is -1.62. The molecule has 2 heterocycles. The fourth-order valence-corrected chi connectivity index (χ4v) is 1.57. The molecule has 5 nitrogen and oxygen atoms in total. The summed E-state index contributed by atoms with van der Waals surface area (Å²) in [5.74, 6) is 0.296. The van der Waals surface area contributed by atoms with Crippen molar-refractivity contribution in [2.45, 2.75) is 6.04 Å². The van der Waals surface area contributed by atoms with Gasteiger partial charge in [-0.3, -0.25) is 4.79 Å². The number of amides is 1. The molecule has 2 rings (SSSR count). The molecular formula is C10H13N3O2. The van der Waals surface area contributed by atoms with Crippen LogP contribution < -0.4 is 10.5 Å². The fraction of sp³-hybridized carbons (Fsp3) is 0.400. The number of carbonyl (C=O) groups excluding carboxylic acids is 1. The smallest absolute Gasteiger partial charge is 0.259 e. The molecule has 1 aromatic rings. The molecule has 1 saturated heterocycles. The summed E-state index contributed by atoms with van der Waals surface area (Å²) >= 11 is 0. The monoisotopic (exact) mass is 207 g/mol. The van der Waals surface area contributed by atoms with Gasteiger partial charge in [-0.05, 0) is 12.1 Å². The summed E-state index contributed by atoms with van der Waals surface area (Å²) in [5.41, 5.74) is 6.11. The zero-order valence-electron chi connectivity index (χ0n) is 8.51. The average Bonchev–Trinajstić information content (AvgIpc) is 2.24. The first-order valence-corrected chi connectivity index (χ1v) is 4.76. The minimum absolute atomic E-state index is 0.0679. The lowest BCUT2D eigenvalue weighted by Crippen LogP contribution is -2.57. The van der Waals surface area contributed by atoms with Gasteiger partial charge in [-0.15, -0.1) is 0 Å². The normalized spacial score (nSPS) is 16.0. The number of nitrogens with two attached hydrogens (primary N) is 1. The maximum Gasteiger partial charge on any atom is 0.259 e. The summed E-state index contributed by atoms with van der Waals surface area (Å²) < 4.78 is 5.02. The Morgan fingerprint density at radius 1 is 1.67 bits per heavy atom. The first-order valence-electron chi connectivity index (χ1n) is 4.76. The minimum atomic E-state index is -0.0679. The number of rotatable bonds is 2. The van der Waals surface area contributed by atoms with Gasteiger partial charge in [0, 0.05) is 25.3 Å². The molecule has 0 radical (unpaired) electrons. The third kappa shape index (κ3) is 1.78. The van der Waals surface area contributed by atoms with Crippen molar-refractivity contribution >= 4 is 5.91 Å². The van der Waals surface area contributed by atoms with Crippen LogP contribution in [0.4, 0.5) is 0 Å². The van der Waals surface area contributed by atoms with E-state index in [4.69, 9.17) is 10.5 Å². The van der Waals surface area contributed by atoms with Gasteiger partial charge in [0.2, 0.25) is 5.88 Å². The second-order valence-electron chi connectivity index (χ2n) is 3.53. The highest BCUT2D eigenvalue weighted by atomic mass is 16.5. The van der Waals surface area contributed by atoms with E-state index in [1.54, 1.807) is 23.2 Å². The number of aromatic nitrogens is 1. The van der Waals surface area contributed by atoms with E-state index in [1.165, 1.54) is 7.11 Å². The molecule has 15 heavy (non-hydrogen) atoms. The van der Waals surface area contributed by atoms with Crippen molar-refractivity contribution in [1.29, 1.82) is 0 Å². The van der Waals surface area contributed by atoms with Gasteiger partial charge in [-0.2, -0.15) is 0 Å². The lowest BCUT2D eigenvalue weighted by Gasteiger charge is -2.36. The van der Waals surface area contributed by atoms with Gasteiger partial charge in [-0.1, -0.05) is 0 Å². The fourth-order valence-electron chi connectivity index (χ4n) is 1.57. The molecular weight excluding hydrogens is 194 g/mol. The maximum absolute atomic E-state index is 11.9. The van der Waals surface area contributed by atoms with Crippen LogP contribution in [0.2, 0.25) is 0 Å². The standard InChI is InChI=1S/C10H13N3O2/c1-15-9-8(3-2-4-12-9)10(14)13-5-7(11)6-13/h2-4,7H,5-6,11H2,1H3. The molecule has 1 fully saturated rings. The van der Waals surface area contributed by atoms with E-state index in [9.17, 15) is 4.79 Å². The summed E-state index contributed by atoms with van der Waals surface area (Å²) in [7, 11) is 1.50. The Bertz CT molecular complexity index is 375. The van der Waals surface area contributed by atoms with Crippen molar-refractivity contribution in [2.75, 3.05) is 20.2 Å². The van der Waals surface area contributed by atoms with Crippen LogP contribution in [0, 0.1) is 0 Å². The van der Waals surface area contributed by atoms with Crippen molar-refractivity contribution in [1.82, 2.24) is 9.88 Å². The van der Waals surface area contributed by atoms with Crippen LogP contribution >= 0.6 is 0 Å². The molecule has 0 aromatic carbocycles. The molecule has 80 valence electrons. The minimum Gasteiger partial charge on any atom is -0.480 e. The SMILES string of the molecule is COc1ncccc1C(=O)N1CC(N)C1. The molecule has 0 saturated carbocycles. The van der Waals surface area contributed by atoms with E-state index >= 15 is 0 Å². The topological polar surface area (TPSA) is 68.5 Å². The quantitative estimate of drug-likeness (QED) is 0.733. The zero-order chi connectivity index (χ0) is 10.8. The zero-order valence-corrected chi connectivity index (χ0v) is 8.51. The molecule has 0 atom stereocenters. The lowest BCUT2D eigenvalue weighted by atomic mass is 10.1. The van der Waals surface area contributed by atoms with Crippen LogP contribution in [0.25, 0.3) is 0 Å². The van der Waals surface area contributed by atoms with Gasteiger partial charge in [-0.25, -0.2) is 4.98 Å². The van der Waals surface area contributed by atoms with Gasteiger partial charge in [0.25, 0.3) is 5.91 Å². The third-order valence-corrected chi connectivity index (χ3v) is 2.39. The molecule has 0 unspecified atom stereocenters. The Balaban J connectivity index is 2.18. The van der Waals surface area contributed by atoms with Crippen molar-refractivity contribution in [2.24, 2.45) is 5.73 Å². The highest BCUT2D eigenvalue weighted by Crippen LogP contribution is 2.18. The van der Waals surface area contributed by atoms with E-state index in [0.29, 0.717) is 24.5 Å². The molecule has 0 spiro atoms. The molecule has 1 aliphatic rings. The number of carbonyl (C=O) groups is 1. The number of likely N-dealkylation sites (tertiary alicyclic amines) is 1. The second-order valence-corrected chi connectivity index (χ2v) is 3.53. The highest BCUT2D eigenvalue weighted by molar-refractivity contribution is 5.96. The molecule has 1 aromatic heterocycles. The van der Waals surface area contributed by atoms with Crippen molar-refractivity contribution < 1.29 is 9.53 Å². The number of ether oxygens (including phenoxy) is 1. The van der Waals surface area contributed by atoms with Crippen LogP contribution in [-0.2, 0) is 0 Å². The van der Waals surface area contributed by atoms with Crippen LogP contribution in [0.3, 0.4) is 0 Å². The molecule has 0 aliphatic carbocycles. The third-order valence-electron chi connectivity index (χ3n) is 2.39. The van der Waals surface area contributed by atoms with Crippen molar-refractivity contribution in [3.8, 4) is 5.88 Å². The maximum atomic E-state index is 11.9. The molecule has 5 heteroatoms. The largest absolute Gasteiger partial charge is 0.480 e. The summed E-state index contributed by atoms with van der Waals surface area (Å²) in [4.78, 5) is 17.6. The van der Waals surface area contributed by atoms with Gasteiger partial charge in [0.1, 0.15) is 5.56 Å². The lowest BCUT2D eigenvalue weighted by molar-refractivity contribution is 0.0604. The van der Waals surface area contributed by atoms with E-state index in [2.05, 4.69) is 4.98 Å². The number of hydrogen-bond acceptors (Lipinski definition) is 4. The van der Waals surface area contributed by atoms with E-state index < -0.39 is 0 Å². The Morgan fingerprint density at radius 3 is 3.00 bits per heavy atom. The summed E-state index contributed by atoms with van der Waals surface area (Å²) in [6, 6.07) is 3.53. The average molecular weight is 207 g/mol. The van der Waals surface area contributed by atoms with Crippen LogP contribution in [0.15, 0.2) is 18.3 Å². The Kier molecular flexibility index (Phi) is 2.55. The number of hydrogen-bond donors (Lipinski definition) is 1. The summed E-state index contributed by atoms with van der Waals surface area (Å²) in [5, 5.41) is 0. The molecule has 1 amide bonds. The number of pyridine rings is 1. The summed E-state index contributed by atoms with van der Waals surface area (Å²) in [6.07, 6.45) is 1.59.